The number of methoxy groups -OCH3 is 1. The van der Waals surface area contributed by atoms with Gasteiger partial charge in [0.15, 0.2) is 0 Å². The third-order valence-electron chi connectivity index (χ3n) is 4.78. The molecular weight excluding hydrogens is 391 g/mol. The smallest absolute Gasteiger partial charge is 0.256 e. The Balaban J connectivity index is 1.95. The van der Waals surface area contributed by atoms with Crippen molar-refractivity contribution in [3.63, 3.8) is 0 Å². The standard InChI is InChI=1S/C22H35FN2O5/c1-22(2,3)30-16-17(26)13-24-9-12-29-18(14-24)15-25(10-11-28-4)21(27)19-7-5-6-8-20(19)23/h5-8,17-18,26H,9-16H2,1-4H3/t17-,18+/m1/s1. The zero-order valence-corrected chi connectivity index (χ0v) is 18.5. The molecule has 1 heterocycles. The van der Waals surface area contributed by atoms with Crippen molar-refractivity contribution in [3.05, 3.63) is 35.6 Å². The van der Waals surface area contributed by atoms with E-state index >= 15 is 0 Å². The van der Waals surface area contributed by atoms with Crippen LogP contribution in [0, 0.1) is 5.82 Å². The van der Waals surface area contributed by atoms with Gasteiger partial charge in [-0.2, -0.15) is 0 Å². The van der Waals surface area contributed by atoms with Gasteiger partial charge in [-0.3, -0.25) is 9.69 Å². The van der Waals surface area contributed by atoms with Crippen LogP contribution in [0.15, 0.2) is 24.3 Å². The number of benzene rings is 1. The first-order valence-electron chi connectivity index (χ1n) is 10.4. The lowest BCUT2D eigenvalue weighted by molar-refractivity contribution is -0.0784. The van der Waals surface area contributed by atoms with Crippen LogP contribution >= 0.6 is 0 Å². The molecule has 1 aromatic carbocycles. The van der Waals surface area contributed by atoms with Gasteiger partial charge < -0.3 is 24.2 Å². The van der Waals surface area contributed by atoms with Crippen LogP contribution in [0.4, 0.5) is 4.39 Å². The van der Waals surface area contributed by atoms with E-state index in [1.807, 2.05) is 20.8 Å². The molecule has 0 radical (unpaired) electrons. The van der Waals surface area contributed by atoms with Gasteiger partial charge in [0.25, 0.3) is 5.91 Å². The number of rotatable bonds is 10. The lowest BCUT2D eigenvalue weighted by atomic mass is 10.1. The number of aliphatic hydroxyl groups excluding tert-OH is 1. The summed E-state index contributed by atoms with van der Waals surface area (Å²) in [6, 6.07) is 5.96. The second kappa shape index (κ2) is 11.7. The van der Waals surface area contributed by atoms with E-state index in [-0.39, 0.29) is 29.8 Å². The molecule has 1 fully saturated rings. The number of β-amino-alcohol motifs (C(OH)–C–C–N with tert-alkyl or cyclic N) is 1. The Bertz CT molecular complexity index is 667. The quantitative estimate of drug-likeness (QED) is 0.615. The molecule has 0 spiro atoms. The highest BCUT2D eigenvalue weighted by Crippen LogP contribution is 2.14. The molecule has 0 saturated carbocycles. The lowest BCUT2D eigenvalue weighted by Crippen LogP contribution is -2.51. The summed E-state index contributed by atoms with van der Waals surface area (Å²) in [6.07, 6.45) is -0.838. The Morgan fingerprint density at radius 1 is 1.40 bits per heavy atom. The van der Waals surface area contributed by atoms with Gasteiger partial charge in [-0.25, -0.2) is 4.39 Å². The van der Waals surface area contributed by atoms with Crippen molar-refractivity contribution in [1.29, 1.82) is 0 Å². The van der Waals surface area contributed by atoms with Crippen molar-refractivity contribution in [2.45, 2.75) is 38.6 Å². The monoisotopic (exact) mass is 426 g/mol. The van der Waals surface area contributed by atoms with E-state index in [9.17, 15) is 14.3 Å². The molecule has 30 heavy (non-hydrogen) atoms. The number of morpholine rings is 1. The zero-order valence-electron chi connectivity index (χ0n) is 18.5. The minimum absolute atomic E-state index is 0.0380. The third-order valence-corrected chi connectivity index (χ3v) is 4.78. The van der Waals surface area contributed by atoms with Crippen LogP contribution in [0.25, 0.3) is 0 Å². The van der Waals surface area contributed by atoms with Gasteiger partial charge in [-0.1, -0.05) is 12.1 Å². The molecule has 1 aliphatic rings. The Kier molecular flexibility index (Phi) is 9.64. The molecular formula is C22H35FN2O5. The highest BCUT2D eigenvalue weighted by atomic mass is 19.1. The van der Waals surface area contributed by atoms with Gasteiger partial charge in [0.05, 0.1) is 43.2 Å². The van der Waals surface area contributed by atoms with Crippen LogP contribution in [0.5, 0.6) is 0 Å². The molecule has 0 bridgehead atoms. The van der Waals surface area contributed by atoms with Gasteiger partial charge in [0.1, 0.15) is 5.82 Å². The van der Waals surface area contributed by atoms with Crippen LogP contribution in [0.2, 0.25) is 0 Å². The number of aliphatic hydroxyl groups is 1. The maximum atomic E-state index is 14.1. The van der Waals surface area contributed by atoms with Gasteiger partial charge in [-0.15, -0.1) is 0 Å². The van der Waals surface area contributed by atoms with E-state index in [1.165, 1.54) is 12.1 Å². The summed E-state index contributed by atoms with van der Waals surface area (Å²) in [4.78, 5) is 16.6. The number of amides is 1. The maximum absolute atomic E-state index is 14.1. The van der Waals surface area contributed by atoms with Gasteiger partial charge in [0, 0.05) is 39.8 Å². The topological polar surface area (TPSA) is 71.5 Å². The second-order valence-corrected chi connectivity index (χ2v) is 8.55. The molecule has 2 atom stereocenters. The van der Waals surface area contributed by atoms with Crippen molar-refractivity contribution in [2.75, 3.05) is 59.7 Å². The van der Waals surface area contributed by atoms with Crippen LogP contribution in [0.1, 0.15) is 31.1 Å². The normalized spacial score (nSPS) is 18.9. The predicted molar refractivity (Wildman–Crippen MR) is 112 cm³/mol. The first kappa shape index (κ1) is 24.7. The number of carbonyl (C=O) groups excluding carboxylic acids is 1. The molecule has 2 rings (SSSR count). The molecule has 0 unspecified atom stereocenters. The first-order valence-corrected chi connectivity index (χ1v) is 10.4. The number of hydrogen-bond donors (Lipinski definition) is 1. The summed E-state index contributed by atoms with van der Waals surface area (Å²) in [5.41, 5.74) is -0.264. The Morgan fingerprint density at radius 2 is 2.13 bits per heavy atom. The number of carbonyl (C=O) groups is 1. The molecule has 7 nitrogen and oxygen atoms in total. The minimum atomic E-state index is -0.604. The summed E-state index contributed by atoms with van der Waals surface area (Å²) in [6.45, 7) is 9.36. The molecule has 1 aromatic rings. The molecule has 1 saturated heterocycles. The van der Waals surface area contributed by atoms with Crippen LogP contribution in [-0.2, 0) is 14.2 Å². The SMILES string of the molecule is COCCN(C[C@@H]1CN(C[C@@H](O)COC(C)(C)C)CCO1)C(=O)c1ccccc1F. The van der Waals surface area contributed by atoms with Crippen molar-refractivity contribution < 1.29 is 28.5 Å². The molecule has 0 aromatic heterocycles. The van der Waals surface area contributed by atoms with E-state index in [4.69, 9.17) is 14.2 Å². The Hall–Kier alpha value is -1.58. The first-order chi connectivity index (χ1) is 14.2. The maximum Gasteiger partial charge on any atom is 0.256 e. The summed E-state index contributed by atoms with van der Waals surface area (Å²) >= 11 is 0. The zero-order chi connectivity index (χ0) is 22.1. The summed E-state index contributed by atoms with van der Waals surface area (Å²) < 4.78 is 30.7. The molecule has 170 valence electrons. The van der Waals surface area contributed by atoms with Gasteiger partial charge in [-0.05, 0) is 32.9 Å². The summed E-state index contributed by atoms with van der Waals surface area (Å²) in [5, 5.41) is 10.3. The van der Waals surface area contributed by atoms with E-state index in [0.717, 1.165) is 0 Å². The lowest BCUT2D eigenvalue weighted by Gasteiger charge is -2.36. The number of ether oxygens (including phenoxy) is 3. The largest absolute Gasteiger partial charge is 0.389 e. The van der Waals surface area contributed by atoms with Crippen LogP contribution in [0.3, 0.4) is 0 Å². The number of hydrogen-bond acceptors (Lipinski definition) is 6. The Morgan fingerprint density at radius 3 is 2.80 bits per heavy atom. The molecule has 1 N–H and O–H groups in total. The highest BCUT2D eigenvalue weighted by Gasteiger charge is 2.27. The Labute approximate surface area is 178 Å². The van der Waals surface area contributed by atoms with E-state index in [0.29, 0.717) is 45.9 Å². The summed E-state index contributed by atoms with van der Waals surface area (Å²) in [7, 11) is 1.56. The van der Waals surface area contributed by atoms with Crippen molar-refractivity contribution in [2.24, 2.45) is 0 Å². The number of halogens is 1. The fraction of sp³-hybridized carbons (Fsp3) is 0.682. The second-order valence-electron chi connectivity index (χ2n) is 8.55. The van der Waals surface area contributed by atoms with Crippen LogP contribution in [-0.4, -0.2) is 98.3 Å². The molecule has 1 amide bonds. The van der Waals surface area contributed by atoms with Crippen molar-refractivity contribution >= 4 is 5.91 Å². The third kappa shape index (κ3) is 8.28. The fourth-order valence-corrected chi connectivity index (χ4v) is 3.28. The predicted octanol–water partition coefficient (Wildman–Crippen LogP) is 1.79. The van der Waals surface area contributed by atoms with Gasteiger partial charge >= 0.3 is 0 Å². The molecule has 1 aliphatic heterocycles. The van der Waals surface area contributed by atoms with E-state index in [1.54, 1.807) is 24.1 Å². The van der Waals surface area contributed by atoms with Crippen molar-refractivity contribution in [1.82, 2.24) is 9.80 Å². The highest BCUT2D eigenvalue weighted by molar-refractivity contribution is 5.94. The minimum Gasteiger partial charge on any atom is -0.389 e. The fourth-order valence-electron chi connectivity index (χ4n) is 3.28. The van der Waals surface area contributed by atoms with E-state index in [2.05, 4.69) is 4.90 Å². The molecule has 8 heteroatoms. The van der Waals surface area contributed by atoms with Crippen LogP contribution < -0.4 is 0 Å². The average molecular weight is 427 g/mol. The average Bonchev–Trinajstić information content (AvgIpc) is 2.69. The number of nitrogens with zero attached hydrogens (tertiary/aromatic N) is 2. The molecule has 0 aliphatic carbocycles. The summed E-state index contributed by atoms with van der Waals surface area (Å²) in [5.74, 6) is -0.928. The van der Waals surface area contributed by atoms with Crippen molar-refractivity contribution in [3.8, 4) is 0 Å². The van der Waals surface area contributed by atoms with E-state index < -0.39 is 11.9 Å². The van der Waals surface area contributed by atoms with Gasteiger partial charge in [0.2, 0.25) is 0 Å².